The van der Waals surface area contributed by atoms with Crippen molar-refractivity contribution in [1.82, 2.24) is 15.1 Å². The Balaban J connectivity index is 1.67. The van der Waals surface area contributed by atoms with Gasteiger partial charge in [0.05, 0.1) is 17.8 Å². The molecule has 0 aliphatic heterocycles. The molecular formula is C22H22Cl2N4O3. The average Bonchev–Trinajstić information content (AvgIpc) is 3.02. The highest BCUT2D eigenvalue weighted by Gasteiger charge is 2.21. The van der Waals surface area contributed by atoms with Crippen molar-refractivity contribution in [3.05, 3.63) is 75.5 Å². The number of amides is 2. The van der Waals surface area contributed by atoms with Crippen LogP contribution >= 0.6 is 23.2 Å². The molecule has 0 unspecified atom stereocenters. The number of nitrogens with one attached hydrogen (secondary N) is 2. The summed E-state index contributed by atoms with van der Waals surface area (Å²) in [6.07, 6.45) is 0. The second kappa shape index (κ2) is 10.3. The van der Waals surface area contributed by atoms with Crippen molar-refractivity contribution in [3.63, 3.8) is 0 Å². The second-order valence-electron chi connectivity index (χ2n) is 6.72. The normalized spacial score (nSPS) is 10.6. The van der Waals surface area contributed by atoms with Crippen LogP contribution in [0.2, 0.25) is 10.2 Å². The minimum atomic E-state index is -0.371. The third kappa shape index (κ3) is 5.77. The van der Waals surface area contributed by atoms with Crippen LogP contribution in [-0.2, 0) is 11.3 Å². The highest BCUT2D eigenvalue weighted by Crippen LogP contribution is 2.25. The van der Waals surface area contributed by atoms with Gasteiger partial charge >= 0.3 is 0 Å². The van der Waals surface area contributed by atoms with E-state index < -0.39 is 0 Å². The fourth-order valence-electron chi connectivity index (χ4n) is 2.93. The van der Waals surface area contributed by atoms with Crippen LogP contribution in [0.5, 0.6) is 5.75 Å². The van der Waals surface area contributed by atoms with Gasteiger partial charge in [-0.3, -0.25) is 9.59 Å². The number of aromatic nitrogens is 2. The molecule has 2 amide bonds. The molecule has 1 heterocycles. The molecule has 3 aromatic rings. The Kier molecular flexibility index (Phi) is 7.55. The van der Waals surface area contributed by atoms with Gasteiger partial charge in [-0.15, -0.1) is 0 Å². The molecule has 0 saturated heterocycles. The lowest BCUT2D eigenvalue weighted by Crippen LogP contribution is -2.28. The fourth-order valence-corrected chi connectivity index (χ4v) is 3.44. The molecular weight excluding hydrogens is 439 g/mol. The summed E-state index contributed by atoms with van der Waals surface area (Å²) in [5, 5.41) is 10.7. The predicted molar refractivity (Wildman–Crippen MR) is 121 cm³/mol. The fraction of sp³-hybridized carbons (Fsp3) is 0.227. The summed E-state index contributed by atoms with van der Waals surface area (Å²) >= 11 is 12.7. The number of likely N-dealkylation sites (N-methyl/N-ethyl adjacent to an activating group) is 1. The number of carbonyl (C=O) groups is 2. The molecule has 0 radical (unpaired) electrons. The number of carbonyl (C=O) groups excluding carboxylic acids is 2. The first-order valence-electron chi connectivity index (χ1n) is 9.66. The summed E-state index contributed by atoms with van der Waals surface area (Å²) in [4.78, 5) is 24.3. The molecule has 0 aliphatic carbocycles. The minimum Gasteiger partial charge on any atom is -0.484 e. The first kappa shape index (κ1) is 22.7. The van der Waals surface area contributed by atoms with E-state index in [1.54, 1.807) is 41.9 Å². The Bertz CT molecular complexity index is 1080. The lowest BCUT2D eigenvalue weighted by Gasteiger charge is -2.09. The van der Waals surface area contributed by atoms with Crippen molar-refractivity contribution in [1.29, 1.82) is 0 Å². The van der Waals surface area contributed by atoms with E-state index in [4.69, 9.17) is 27.9 Å². The number of rotatable bonds is 8. The maximum Gasteiger partial charge on any atom is 0.260 e. The molecule has 0 spiro atoms. The van der Waals surface area contributed by atoms with E-state index in [2.05, 4.69) is 15.7 Å². The van der Waals surface area contributed by atoms with Gasteiger partial charge in [-0.05, 0) is 49.7 Å². The van der Waals surface area contributed by atoms with Crippen LogP contribution in [0.15, 0.2) is 48.5 Å². The second-order valence-corrected chi connectivity index (χ2v) is 7.49. The summed E-state index contributed by atoms with van der Waals surface area (Å²) in [6.45, 7) is 4.39. The van der Waals surface area contributed by atoms with Gasteiger partial charge in [0.25, 0.3) is 11.8 Å². The van der Waals surface area contributed by atoms with E-state index in [-0.39, 0.29) is 23.6 Å². The number of halogens is 2. The molecule has 7 nitrogen and oxygen atoms in total. The third-order valence-electron chi connectivity index (χ3n) is 4.43. The quantitative estimate of drug-likeness (QED) is 0.524. The molecule has 2 N–H and O–H groups in total. The first-order valence-corrected chi connectivity index (χ1v) is 10.4. The number of benzene rings is 2. The summed E-state index contributed by atoms with van der Waals surface area (Å²) in [5.41, 5.74) is 2.22. The van der Waals surface area contributed by atoms with Gasteiger partial charge in [-0.1, -0.05) is 41.4 Å². The maximum absolute atomic E-state index is 12.8. The van der Waals surface area contributed by atoms with Crippen molar-refractivity contribution >= 4 is 40.7 Å². The van der Waals surface area contributed by atoms with Gasteiger partial charge < -0.3 is 15.4 Å². The summed E-state index contributed by atoms with van der Waals surface area (Å²) in [7, 11) is 0. The van der Waals surface area contributed by atoms with Crippen LogP contribution in [-0.4, -0.2) is 34.7 Å². The number of anilines is 1. The lowest BCUT2D eigenvalue weighted by molar-refractivity contribution is -0.122. The van der Waals surface area contributed by atoms with E-state index in [0.717, 1.165) is 5.56 Å². The van der Waals surface area contributed by atoms with Crippen LogP contribution in [0.4, 0.5) is 5.69 Å². The number of aryl methyl sites for hydroxylation is 1. The zero-order chi connectivity index (χ0) is 22.4. The van der Waals surface area contributed by atoms with Gasteiger partial charge in [0.1, 0.15) is 10.9 Å². The van der Waals surface area contributed by atoms with Crippen molar-refractivity contribution < 1.29 is 14.3 Å². The van der Waals surface area contributed by atoms with E-state index in [1.807, 2.05) is 25.1 Å². The number of hydrogen-bond acceptors (Lipinski definition) is 4. The Morgan fingerprint density at radius 1 is 1.10 bits per heavy atom. The molecule has 0 saturated carbocycles. The topological polar surface area (TPSA) is 85.2 Å². The molecule has 162 valence electrons. The molecule has 3 rings (SSSR count). The lowest BCUT2D eigenvalue weighted by atomic mass is 10.2. The zero-order valence-corrected chi connectivity index (χ0v) is 18.6. The average molecular weight is 461 g/mol. The van der Waals surface area contributed by atoms with Gasteiger partial charge in [-0.2, -0.15) is 5.10 Å². The Morgan fingerprint density at radius 2 is 1.81 bits per heavy atom. The largest absolute Gasteiger partial charge is 0.484 e. The van der Waals surface area contributed by atoms with Crippen molar-refractivity contribution in [2.75, 3.05) is 18.5 Å². The molecule has 0 aliphatic rings. The highest BCUT2D eigenvalue weighted by atomic mass is 35.5. The standard InChI is InChI=1S/C22H22Cl2N4O3/c1-3-25-19(29)13-31-17-10-8-16(9-11-17)26-22(30)20-14(2)27-28(21(20)24)12-15-6-4-5-7-18(15)23/h4-11H,3,12-13H2,1-2H3,(H,25,29)(H,26,30). The molecule has 9 heteroatoms. The van der Waals surface area contributed by atoms with Crippen LogP contribution in [0.1, 0.15) is 28.5 Å². The van der Waals surface area contributed by atoms with Gasteiger partial charge in [0.15, 0.2) is 6.61 Å². The number of nitrogens with zero attached hydrogens (tertiary/aromatic N) is 2. The van der Waals surface area contributed by atoms with Crippen LogP contribution in [0.25, 0.3) is 0 Å². The van der Waals surface area contributed by atoms with Crippen LogP contribution in [0.3, 0.4) is 0 Å². The number of hydrogen-bond donors (Lipinski definition) is 2. The summed E-state index contributed by atoms with van der Waals surface area (Å²) in [5.74, 6) is -0.0475. The number of ether oxygens (including phenoxy) is 1. The predicted octanol–water partition coefficient (Wildman–Crippen LogP) is 4.31. The molecule has 2 aromatic carbocycles. The smallest absolute Gasteiger partial charge is 0.260 e. The monoisotopic (exact) mass is 460 g/mol. The van der Waals surface area contributed by atoms with Crippen LogP contribution < -0.4 is 15.4 Å². The Hall–Kier alpha value is -3.03. The first-order chi connectivity index (χ1) is 14.9. The summed E-state index contributed by atoms with van der Waals surface area (Å²) in [6, 6.07) is 14.1. The molecule has 31 heavy (non-hydrogen) atoms. The van der Waals surface area contributed by atoms with Gasteiger partial charge in [-0.25, -0.2) is 4.68 Å². The van der Waals surface area contributed by atoms with Crippen molar-refractivity contribution in [2.45, 2.75) is 20.4 Å². The van der Waals surface area contributed by atoms with Gasteiger partial charge in [0.2, 0.25) is 0 Å². The molecule has 0 fully saturated rings. The highest BCUT2D eigenvalue weighted by molar-refractivity contribution is 6.34. The Morgan fingerprint density at radius 3 is 2.48 bits per heavy atom. The van der Waals surface area contributed by atoms with Crippen molar-refractivity contribution in [3.8, 4) is 5.75 Å². The van der Waals surface area contributed by atoms with E-state index >= 15 is 0 Å². The maximum atomic E-state index is 12.8. The van der Waals surface area contributed by atoms with E-state index in [0.29, 0.717) is 40.8 Å². The zero-order valence-electron chi connectivity index (χ0n) is 17.1. The molecule has 0 bridgehead atoms. The summed E-state index contributed by atoms with van der Waals surface area (Å²) < 4.78 is 6.95. The SMILES string of the molecule is CCNC(=O)COc1ccc(NC(=O)c2c(C)nn(Cc3ccccc3Cl)c2Cl)cc1. The Labute approximate surface area is 190 Å². The minimum absolute atomic E-state index is 0.0705. The van der Waals surface area contributed by atoms with Gasteiger partial charge in [0, 0.05) is 17.3 Å². The van der Waals surface area contributed by atoms with E-state index in [9.17, 15) is 9.59 Å². The van der Waals surface area contributed by atoms with E-state index in [1.165, 1.54) is 0 Å². The third-order valence-corrected chi connectivity index (χ3v) is 5.18. The molecule has 0 atom stereocenters. The molecule has 1 aromatic heterocycles. The van der Waals surface area contributed by atoms with Crippen LogP contribution in [0, 0.1) is 6.92 Å². The van der Waals surface area contributed by atoms with Crippen molar-refractivity contribution in [2.24, 2.45) is 0 Å².